The summed E-state index contributed by atoms with van der Waals surface area (Å²) in [6, 6.07) is 7.69. The van der Waals surface area contributed by atoms with Crippen molar-refractivity contribution >= 4 is 29.2 Å². The summed E-state index contributed by atoms with van der Waals surface area (Å²) in [5, 5.41) is 0.342. The third-order valence-corrected chi connectivity index (χ3v) is 3.91. The standard InChI is InChI=1S/C16H13ClFN3O2/c1-10-15(22)20(9-11-2-7-14(17)19-8-11)16(23)21(10)13-5-3-12(18)4-6-13/h2-8,10H,9H2,1H3. The summed E-state index contributed by atoms with van der Waals surface area (Å²) >= 11 is 5.73. The molecule has 1 aliphatic rings. The van der Waals surface area contributed by atoms with Crippen LogP contribution >= 0.6 is 11.6 Å². The number of aromatic nitrogens is 1. The lowest BCUT2D eigenvalue weighted by molar-refractivity contribution is -0.127. The zero-order chi connectivity index (χ0) is 16.6. The normalized spacial score (nSPS) is 18.0. The van der Waals surface area contributed by atoms with E-state index in [1.54, 1.807) is 19.1 Å². The first-order valence-electron chi connectivity index (χ1n) is 6.98. The van der Waals surface area contributed by atoms with Crippen LogP contribution in [0.5, 0.6) is 0 Å². The molecule has 0 spiro atoms. The maximum atomic E-state index is 13.0. The van der Waals surface area contributed by atoms with Gasteiger partial charge < -0.3 is 0 Å². The number of anilines is 1. The van der Waals surface area contributed by atoms with Crippen LogP contribution in [0.1, 0.15) is 12.5 Å². The summed E-state index contributed by atoms with van der Waals surface area (Å²) in [4.78, 5) is 31.4. The molecule has 0 bridgehead atoms. The van der Waals surface area contributed by atoms with Gasteiger partial charge in [-0.1, -0.05) is 17.7 Å². The largest absolute Gasteiger partial charge is 0.332 e. The Balaban J connectivity index is 1.85. The molecule has 3 amide bonds. The molecule has 1 saturated heterocycles. The molecule has 0 radical (unpaired) electrons. The highest BCUT2D eigenvalue weighted by molar-refractivity contribution is 6.29. The molecule has 23 heavy (non-hydrogen) atoms. The van der Waals surface area contributed by atoms with Crippen molar-refractivity contribution in [2.75, 3.05) is 4.90 Å². The Hall–Kier alpha value is -2.47. The predicted molar refractivity (Wildman–Crippen MR) is 83.5 cm³/mol. The second-order valence-corrected chi connectivity index (χ2v) is 5.61. The molecule has 2 heterocycles. The fourth-order valence-electron chi connectivity index (χ4n) is 2.49. The van der Waals surface area contributed by atoms with Gasteiger partial charge in [0.2, 0.25) is 0 Å². The molecular weight excluding hydrogens is 321 g/mol. The zero-order valence-corrected chi connectivity index (χ0v) is 13.0. The van der Waals surface area contributed by atoms with Crippen LogP contribution in [0.15, 0.2) is 42.6 Å². The number of halogens is 2. The second kappa shape index (κ2) is 5.96. The number of urea groups is 1. The number of benzene rings is 1. The van der Waals surface area contributed by atoms with Crippen molar-refractivity contribution in [2.24, 2.45) is 0 Å². The van der Waals surface area contributed by atoms with E-state index in [4.69, 9.17) is 11.6 Å². The first-order valence-corrected chi connectivity index (χ1v) is 7.36. The Labute approximate surface area is 137 Å². The minimum Gasteiger partial charge on any atom is -0.282 e. The number of carbonyl (C=O) groups is 2. The fraction of sp³-hybridized carbons (Fsp3) is 0.188. The Kier molecular flexibility index (Phi) is 4.00. The first kappa shape index (κ1) is 15.4. The van der Waals surface area contributed by atoms with Gasteiger partial charge in [-0.05, 0) is 42.8 Å². The Morgan fingerprint density at radius 3 is 2.48 bits per heavy atom. The van der Waals surface area contributed by atoms with E-state index in [2.05, 4.69) is 4.98 Å². The van der Waals surface area contributed by atoms with E-state index >= 15 is 0 Å². The van der Waals surface area contributed by atoms with Crippen LogP contribution < -0.4 is 4.90 Å². The van der Waals surface area contributed by atoms with Gasteiger partial charge in [-0.15, -0.1) is 0 Å². The number of hydrogen-bond acceptors (Lipinski definition) is 3. The van der Waals surface area contributed by atoms with Gasteiger partial charge in [0.15, 0.2) is 0 Å². The van der Waals surface area contributed by atoms with Crippen LogP contribution in [0.2, 0.25) is 5.15 Å². The van der Waals surface area contributed by atoms with E-state index in [-0.39, 0.29) is 12.5 Å². The molecule has 1 unspecified atom stereocenters. The van der Waals surface area contributed by atoms with Crippen molar-refractivity contribution in [3.63, 3.8) is 0 Å². The van der Waals surface area contributed by atoms with E-state index in [0.717, 1.165) is 4.90 Å². The summed E-state index contributed by atoms with van der Waals surface area (Å²) in [5.74, 6) is -0.710. The summed E-state index contributed by atoms with van der Waals surface area (Å²) in [7, 11) is 0. The summed E-state index contributed by atoms with van der Waals surface area (Å²) < 4.78 is 13.0. The van der Waals surface area contributed by atoms with Crippen molar-refractivity contribution in [2.45, 2.75) is 19.5 Å². The van der Waals surface area contributed by atoms with Gasteiger partial charge in [0.1, 0.15) is 17.0 Å². The SMILES string of the molecule is CC1C(=O)N(Cc2ccc(Cl)nc2)C(=O)N1c1ccc(F)cc1. The number of imide groups is 1. The second-order valence-electron chi connectivity index (χ2n) is 5.22. The van der Waals surface area contributed by atoms with Gasteiger partial charge in [0.05, 0.1) is 6.54 Å². The van der Waals surface area contributed by atoms with Crippen molar-refractivity contribution in [1.82, 2.24) is 9.88 Å². The molecule has 1 atom stereocenters. The lowest BCUT2D eigenvalue weighted by Crippen LogP contribution is -2.33. The molecule has 1 fully saturated rings. The number of carbonyl (C=O) groups excluding carboxylic acids is 2. The molecule has 0 aliphatic carbocycles. The molecule has 1 aromatic carbocycles. The fourth-order valence-corrected chi connectivity index (χ4v) is 2.60. The van der Waals surface area contributed by atoms with Crippen LogP contribution in [0, 0.1) is 5.82 Å². The third kappa shape index (κ3) is 2.90. The molecule has 7 heteroatoms. The number of amides is 3. The van der Waals surface area contributed by atoms with Crippen LogP contribution in [0.3, 0.4) is 0 Å². The van der Waals surface area contributed by atoms with Crippen molar-refractivity contribution in [3.05, 3.63) is 59.1 Å². The Morgan fingerprint density at radius 2 is 1.87 bits per heavy atom. The Morgan fingerprint density at radius 1 is 1.17 bits per heavy atom. The minimum atomic E-state index is -0.645. The lowest BCUT2D eigenvalue weighted by atomic mass is 10.2. The van der Waals surface area contributed by atoms with Gasteiger partial charge >= 0.3 is 6.03 Å². The van der Waals surface area contributed by atoms with Crippen molar-refractivity contribution in [3.8, 4) is 0 Å². The topological polar surface area (TPSA) is 53.5 Å². The first-order chi connectivity index (χ1) is 11.0. The minimum absolute atomic E-state index is 0.115. The Bertz CT molecular complexity index is 749. The van der Waals surface area contributed by atoms with E-state index in [9.17, 15) is 14.0 Å². The van der Waals surface area contributed by atoms with E-state index in [0.29, 0.717) is 16.4 Å². The number of rotatable bonds is 3. The summed E-state index contributed by atoms with van der Waals surface area (Å²) in [5.41, 5.74) is 1.18. The zero-order valence-electron chi connectivity index (χ0n) is 12.2. The molecular formula is C16H13ClFN3O2. The number of hydrogen-bond donors (Lipinski definition) is 0. The maximum Gasteiger partial charge on any atom is 0.332 e. The average molecular weight is 334 g/mol. The van der Waals surface area contributed by atoms with Crippen LogP contribution in [-0.4, -0.2) is 27.9 Å². The van der Waals surface area contributed by atoms with Gasteiger partial charge in [-0.2, -0.15) is 0 Å². The quantitative estimate of drug-likeness (QED) is 0.640. The lowest BCUT2D eigenvalue weighted by Gasteiger charge is -2.19. The van der Waals surface area contributed by atoms with Crippen LogP contribution in [0.25, 0.3) is 0 Å². The molecule has 5 nitrogen and oxygen atoms in total. The van der Waals surface area contributed by atoms with Crippen molar-refractivity contribution < 1.29 is 14.0 Å². The van der Waals surface area contributed by atoms with Crippen LogP contribution in [-0.2, 0) is 11.3 Å². The van der Waals surface area contributed by atoms with Gasteiger partial charge in [-0.3, -0.25) is 14.6 Å². The third-order valence-electron chi connectivity index (χ3n) is 3.68. The number of nitrogens with zero attached hydrogens (tertiary/aromatic N) is 3. The summed E-state index contributed by atoms with van der Waals surface area (Å²) in [6.45, 7) is 1.76. The molecule has 1 aromatic heterocycles. The van der Waals surface area contributed by atoms with Crippen LogP contribution in [0.4, 0.5) is 14.9 Å². The molecule has 118 valence electrons. The molecule has 2 aromatic rings. The van der Waals surface area contributed by atoms with Gasteiger partial charge in [0.25, 0.3) is 5.91 Å². The molecule has 1 aliphatic heterocycles. The van der Waals surface area contributed by atoms with Gasteiger partial charge in [0, 0.05) is 11.9 Å². The van der Waals surface area contributed by atoms with E-state index < -0.39 is 17.9 Å². The van der Waals surface area contributed by atoms with Gasteiger partial charge in [-0.25, -0.2) is 14.2 Å². The average Bonchev–Trinajstić information content (AvgIpc) is 2.74. The monoisotopic (exact) mass is 333 g/mol. The predicted octanol–water partition coefficient (Wildman–Crippen LogP) is 3.23. The molecule has 3 rings (SSSR count). The summed E-state index contributed by atoms with van der Waals surface area (Å²) in [6.07, 6.45) is 1.52. The van der Waals surface area contributed by atoms with Crippen molar-refractivity contribution in [1.29, 1.82) is 0 Å². The van der Waals surface area contributed by atoms with E-state index in [1.807, 2.05) is 0 Å². The maximum absolute atomic E-state index is 13.0. The van der Waals surface area contributed by atoms with E-state index in [1.165, 1.54) is 35.4 Å². The molecule has 0 saturated carbocycles. The highest BCUT2D eigenvalue weighted by Gasteiger charge is 2.43. The number of pyridine rings is 1. The highest BCUT2D eigenvalue weighted by atomic mass is 35.5. The molecule has 0 N–H and O–H groups in total. The smallest absolute Gasteiger partial charge is 0.282 e. The highest BCUT2D eigenvalue weighted by Crippen LogP contribution is 2.27.